The smallest absolute Gasteiger partial charge is 0.306 e. The van der Waals surface area contributed by atoms with Gasteiger partial charge in [-0.15, -0.1) is 0 Å². The Morgan fingerprint density at radius 1 is 0.432 bits per heavy atom. The minimum absolute atomic E-state index is 0.157. The van der Waals surface area contributed by atoms with E-state index in [1.165, 1.54) is 167 Å². The molecule has 74 heavy (non-hydrogen) atoms. The average Bonchev–Trinajstić information content (AvgIpc) is 3.39. The average molecular weight is 1060 g/mol. The van der Waals surface area contributed by atoms with Crippen LogP contribution in [0, 0.1) is 0 Å². The standard InChI is InChI=1S/C59H108O15/c1-3-5-7-9-11-13-15-17-19-21-22-23-24-26-28-30-32-34-36-38-40-42-51(62)72-47(44-69-50(61)41-39-37-35-33-31-29-27-25-20-18-16-14-12-10-8-6-4-2)45-70-58-57(68)55(66)53(64)49(74-58)46-71-59-56(67)54(65)52(63)48(43-60)73-59/h27,29,33,35,47-49,52-60,63-68H,3-26,28,30-32,34,36-46H2,1-2H3/b29-27+,35-33+/t47-,48+,49+,52-,53-,54?,55?,56?,57?,58+,59+/m1/s1. The Morgan fingerprint density at radius 2 is 0.824 bits per heavy atom. The third kappa shape index (κ3) is 32.7. The number of rotatable bonds is 48. The maximum Gasteiger partial charge on any atom is 0.306 e. The first-order chi connectivity index (χ1) is 36.0. The van der Waals surface area contributed by atoms with Gasteiger partial charge in [0.05, 0.1) is 19.8 Å². The molecule has 434 valence electrons. The number of unbranched alkanes of at least 4 members (excludes halogenated alkanes) is 30. The van der Waals surface area contributed by atoms with Gasteiger partial charge in [0.15, 0.2) is 18.7 Å². The van der Waals surface area contributed by atoms with Crippen molar-refractivity contribution >= 4 is 11.9 Å². The molecule has 15 nitrogen and oxygen atoms in total. The molecule has 0 aromatic heterocycles. The Morgan fingerprint density at radius 3 is 1.30 bits per heavy atom. The largest absolute Gasteiger partial charge is 0.462 e. The predicted octanol–water partition coefficient (Wildman–Crippen LogP) is 10.3. The second-order valence-corrected chi connectivity index (χ2v) is 21.2. The molecule has 0 aromatic rings. The first-order valence-corrected chi connectivity index (χ1v) is 29.9. The lowest BCUT2D eigenvalue weighted by molar-refractivity contribution is -0.332. The number of allylic oxidation sites excluding steroid dienone is 4. The minimum atomic E-state index is -1.77. The number of carbonyl (C=O) groups excluding carboxylic acids is 2. The zero-order valence-electron chi connectivity index (χ0n) is 46.3. The van der Waals surface area contributed by atoms with E-state index in [1.54, 1.807) is 0 Å². The van der Waals surface area contributed by atoms with Gasteiger partial charge in [-0.25, -0.2) is 0 Å². The molecule has 0 amide bonds. The van der Waals surface area contributed by atoms with Gasteiger partial charge >= 0.3 is 11.9 Å². The highest BCUT2D eigenvalue weighted by atomic mass is 16.7. The maximum atomic E-state index is 13.1. The summed E-state index contributed by atoms with van der Waals surface area (Å²) < 4.78 is 33.7. The second kappa shape index (κ2) is 45.9. The minimum Gasteiger partial charge on any atom is -0.462 e. The molecule has 2 saturated heterocycles. The Hall–Kier alpha value is -2.02. The first kappa shape index (κ1) is 68.1. The molecule has 2 fully saturated rings. The van der Waals surface area contributed by atoms with Gasteiger partial charge in [0.25, 0.3) is 0 Å². The van der Waals surface area contributed by atoms with Gasteiger partial charge in [0.1, 0.15) is 55.4 Å². The van der Waals surface area contributed by atoms with Crippen molar-refractivity contribution in [2.24, 2.45) is 0 Å². The third-order valence-corrected chi connectivity index (χ3v) is 14.4. The number of aliphatic hydroxyl groups excluding tert-OH is 7. The fraction of sp³-hybridized carbons (Fsp3) is 0.898. The molecule has 2 aliphatic rings. The van der Waals surface area contributed by atoms with Crippen molar-refractivity contribution in [1.82, 2.24) is 0 Å². The van der Waals surface area contributed by atoms with Gasteiger partial charge in [-0.3, -0.25) is 9.59 Å². The van der Waals surface area contributed by atoms with Crippen molar-refractivity contribution in [3.8, 4) is 0 Å². The molecule has 0 saturated carbocycles. The van der Waals surface area contributed by atoms with Crippen LogP contribution >= 0.6 is 0 Å². The van der Waals surface area contributed by atoms with Crippen molar-refractivity contribution in [3.63, 3.8) is 0 Å². The number of esters is 2. The number of hydrogen-bond acceptors (Lipinski definition) is 15. The predicted molar refractivity (Wildman–Crippen MR) is 289 cm³/mol. The van der Waals surface area contributed by atoms with Crippen LogP contribution in [0.25, 0.3) is 0 Å². The molecule has 2 rings (SSSR count). The van der Waals surface area contributed by atoms with E-state index >= 15 is 0 Å². The molecule has 11 atom stereocenters. The van der Waals surface area contributed by atoms with E-state index in [0.29, 0.717) is 19.3 Å². The summed E-state index contributed by atoms with van der Waals surface area (Å²) in [5, 5.41) is 72.3. The zero-order chi connectivity index (χ0) is 53.9. The third-order valence-electron chi connectivity index (χ3n) is 14.4. The SMILES string of the molecule is CCCCCCCCCCC/C=C/C/C=C/CCCC(=O)OC[C@H](CO[C@H]1O[C@@H](CO[C@H]2O[C@@H](CO)[C@@H](O)C(O)C2O)[C@@H](O)C(O)C1O)OC(=O)CCCCCCCCCCCCCCCCCCCCCCC. The number of aliphatic hydroxyl groups is 7. The van der Waals surface area contributed by atoms with Crippen molar-refractivity contribution in [2.75, 3.05) is 26.4 Å². The Balaban J connectivity index is 1.75. The summed E-state index contributed by atoms with van der Waals surface area (Å²) >= 11 is 0. The van der Waals surface area contributed by atoms with E-state index in [9.17, 15) is 45.3 Å². The van der Waals surface area contributed by atoms with Gasteiger partial charge in [0, 0.05) is 12.8 Å². The molecule has 2 heterocycles. The van der Waals surface area contributed by atoms with Gasteiger partial charge in [-0.05, 0) is 38.5 Å². The van der Waals surface area contributed by atoms with E-state index < -0.39 is 99.3 Å². The summed E-state index contributed by atoms with van der Waals surface area (Å²) in [6.07, 6.45) is 33.5. The maximum absolute atomic E-state index is 13.1. The van der Waals surface area contributed by atoms with Crippen molar-refractivity contribution < 1.29 is 73.8 Å². The quantitative estimate of drug-likeness (QED) is 0.0171. The van der Waals surface area contributed by atoms with Gasteiger partial charge in [-0.2, -0.15) is 0 Å². The zero-order valence-corrected chi connectivity index (χ0v) is 46.3. The molecule has 0 aromatic carbocycles. The molecule has 0 aliphatic carbocycles. The van der Waals surface area contributed by atoms with E-state index in [1.807, 2.05) is 0 Å². The molecule has 0 radical (unpaired) electrons. The van der Waals surface area contributed by atoms with E-state index in [0.717, 1.165) is 32.1 Å². The van der Waals surface area contributed by atoms with Gasteiger partial charge in [-0.1, -0.05) is 218 Å². The molecule has 15 heteroatoms. The molecule has 0 spiro atoms. The fourth-order valence-electron chi connectivity index (χ4n) is 9.55. The van der Waals surface area contributed by atoms with Gasteiger partial charge < -0.3 is 64.2 Å². The number of ether oxygens (including phenoxy) is 6. The highest BCUT2D eigenvalue weighted by Crippen LogP contribution is 2.27. The molecular weight excluding hydrogens is 949 g/mol. The van der Waals surface area contributed by atoms with Gasteiger partial charge in [0.2, 0.25) is 0 Å². The normalized spacial score (nSPS) is 24.8. The molecular formula is C59H108O15. The van der Waals surface area contributed by atoms with Crippen molar-refractivity contribution in [1.29, 1.82) is 0 Å². The lowest BCUT2D eigenvalue weighted by Crippen LogP contribution is -2.61. The Labute approximate surface area is 447 Å². The van der Waals surface area contributed by atoms with Crippen LogP contribution in [-0.4, -0.2) is 142 Å². The summed E-state index contributed by atoms with van der Waals surface area (Å²) in [4.78, 5) is 25.9. The van der Waals surface area contributed by atoms with E-state index in [4.69, 9.17) is 28.4 Å². The van der Waals surface area contributed by atoms with Crippen LogP contribution in [-0.2, 0) is 38.0 Å². The molecule has 0 bridgehead atoms. The van der Waals surface area contributed by atoms with Crippen LogP contribution in [0.2, 0.25) is 0 Å². The second-order valence-electron chi connectivity index (χ2n) is 21.2. The fourth-order valence-corrected chi connectivity index (χ4v) is 9.55. The van der Waals surface area contributed by atoms with Crippen LogP contribution in [0.5, 0.6) is 0 Å². The summed E-state index contributed by atoms with van der Waals surface area (Å²) in [5.41, 5.74) is 0. The summed E-state index contributed by atoms with van der Waals surface area (Å²) in [6, 6.07) is 0. The summed E-state index contributed by atoms with van der Waals surface area (Å²) in [5.74, 6) is -0.964. The molecule has 2 aliphatic heterocycles. The number of hydrogen-bond donors (Lipinski definition) is 7. The van der Waals surface area contributed by atoms with E-state index in [2.05, 4.69) is 38.2 Å². The summed E-state index contributed by atoms with van der Waals surface area (Å²) in [7, 11) is 0. The number of carbonyl (C=O) groups is 2. The summed E-state index contributed by atoms with van der Waals surface area (Å²) in [6.45, 7) is 2.60. The molecule has 4 unspecified atom stereocenters. The first-order valence-electron chi connectivity index (χ1n) is 29.9. The molecule has 7 N–H and O–H groups in total. The highest BCUT2D eigenvalue weighted by Gasteiger charge is 2.47. The van der Waals surface area contributed by atoms with Crippen LogP contribution in [0.3, 0.4) is 0 Å². The van der Waals surface area contributed by atoms with Crippen molar-refractivity contribution in [3.05, 3.63) is 24.3 Å². The van der Waals surface area contributed by atoms with E-state index in [-0.39, 0.29) is 19.4 Å². The topological polar surface area (TPSA) is 231 Å². The highest BCUT2D eigenvalue weighted by molar-refractivity contribution is 5.70. The van der Waals surface area contributed by atoms with Crippen molar-refractivity contribution in [2.45, 2.75) is 313 Å². The lowest BCUT2D eigenvalue weighted by Gasteiger charge is -2.42. The Bertz CT molecular complexity index is 1380. The van der Waals surface area contributed by atoms with Crippen LogP contribution in [0.4, 0.5) is 0 Å². The monoisotopic (exact) mass is 1060 g/mol. The Kier molecular flexibility index (Phi) is 42.3. The van der Waals surface area contributed by atoms with Crippen LogP contribution < -0.4 is 0 Å². The van der Waals surface area contributed by atoms with Crippen LogP contribution in [0.15, 0.2) is 24.3 Å². The van der Waals surface area contributed by atoms with Crippen LogP contribution in [0.1, 0.15) is 245 Å². The lowest BCUT2D eigenvalue weighted by atomic mass is 9.98.